The van der Waals surface area contributed by atoms with E-state index in [9.17, 15) is 19.0 Å². The van der Waals surface area contributed by atoms with E-state index >= 15 is 0 Å². The summed E-state index contributed by atoms with van der Waals surface area (Å²) < 4.78 is 32.1. The summed E-state index contributed by atoms with van der Waals surface area (Å²) in [6, 6.07) is 12.5. The number of pyridine rings is 1. The molecular weight excluding hydrogens is 554 g/mol. The predicted octanol–water partition coefficient (Wildman–Crippen LogP) is 6.11. The van der Waals surface area contributed by atoms with Crippen molar-refractivity contribution in [2.75, 3.05) is 6.54 Å². The number of fused-ring (bicyclic) bond motifs is 2. The minimum Gasteiger partial charge on any atom is -0.481 e. The Bertz CT molecular complexity index is 1560. The van der Waals surface area contributed by atoms with Crippen molar-refractivity contribution >= 4 is 39.4 Å². The summed E-state index contributed by atoms with van der Waals surface area (Å²) in [7, 11) is -3.44. The van der Waals surface area contributed by atoms with E-state index in [0.29, 0.717) is 23.6 Å². The topological polar surface area (TPSA) is 134 Å². The molecule has 2 unspecified atom stereocenters. The maximum atomic E-state index is 12.0. The number of carboxylic acid groups (broad SMARTS) is 1. The predicted molar refractivity (Wildman–Crippen MR) is 154 cm³/mol. The Morgan fingerprint density at radius 1 is 1.23 bits per heavy atom. The number of ether oxygens (including phenoxy) is 1. The number of benzene rings is 2. The van der Waals surface area contributed by atoms with Crippen molar-refractivity contribution in [3.63, 3.8) is 0 Å². The van der Waals surface area contributed by atoms with Crippen LogP contribution in [0.1, 0.15) is 54.9 Å². The molecule has 12 heteroatoms. The van der Waals surface area contributed by atoms with Crippen molar-refractivity contribution in [1.82, 2.24) is 24.3 Å². The summed E-state index contributed by atoms with van der Waals surface area (Å²) in [6.45, 7) is 6.92. The fourth-order valence-electron chi connectivity index (χ4n) is 5.20. The van der Waals surface area contributed by atoms with Crippen LogP contribution in [0.25, 0.3) is 11.0 Å². The number of carbonyl (C=O) groups is 1. The van der Waals surface area contributed by atoms with Gasteiger partial charge in [0.25, 0.3) is 0 Å². The van der Waals surface area contributed by atoms with Crippen molar-refractivity contribution in [2.45, 2.75) is 63.6 Å². The van der Waals surface area contributed by atoms with Crippen LogP contribution in [0, 0.1) is 6.92 Å². The lowest BCUT2D eigenvalue weighted by Crippen LogP contribution is -2.34. The van der Waals surface area contributed by atoms with Gasteiger partial charge >= 0.3 is 5.97 Å². The summed E-state index contributed by atoms with van der Waals surface area (Å²) >= 11 is 6.64. The highest BCUT2D eigenvalue weighted by atomic mass is 35.5. The first kappa shape index (κ1) is 28.3. The zero-order valence-electron chi connectivity index (χ0n) is 22.5. The van der Waals surface area contributed by atoms with Gasteiger partial charge in [-0.2, -0.15) is 4.31 Å². The maximum Gasteiger partial charge on any atom is 0.304 e. The van der Waals surface area contributed by atoms with E-state index in [1.54, 1.807) is 33.4 Å². The van der Waals surface area contributed by atoms with E-state index < -0.39 is 22.7 Å². The van der Waals surface area contributed by atoms with Crippen molar-refractivity contribution in [3.05, 3.63) is 75.9 Å². The van der Waals surface area contributed by atoms with Crippen molar-refractivity contribution < 1.29 is 23.7 Å². The number of aliphatic carboxylic acids is 1. The molecule has 3 N–H and O–H groups in total. The number of rotatable bonds is 8. The number of nitrogens with zero attached hydrogens (tertiary/aromatic N) is 5. The van der Waals surface area contributed by atoms with Gasteiger partial charge in [-0.25, -0.2) is 9.67 Å². The molecule has 212 valence electrons. The zero-order chi connectivity index (χ0) is 28.6. The molecule has 0 aliphatic carbocycles. The van der Waals surface area contributed by atoms with Gasteiger partial charge in [0.05, 0.1) is 18.5 Å². The first-order chi connectivity index (χ1) is 19.1. The van der Waals surface area contributed by atoms with Gasteiger partial charge in [-0.3, -0.25) is 13.9 Å². The highest BCUT2D eigenvalue weighted by molar-refractivity contribution is 8.22. The van der Waals surface area contributed by atoms with Gasteiger partial charge < -0.3 is 9.84 Å². The molecule has 3 heterocycles. The van der Waals surface area contributed by atoms with Crippen LogP contribution in [-0.4, -0.2) is 57.1 Å². The molecule has 5 rings (SSSR count). The lowest BCUT2D eigenvalue weighted by Gasteiger charge is -2.41. The van der Waals surface area contributed by atoms with E-state index in [1.165, 1.54) is 0 Å². The monoisotopic (exact) mass is 585 g/mol. The fraction of sp³-hybridized carbons (Fsp3) is 0.357. The number of halogens is 1. The Morgan fingerprint density at radius 3 is 2.75 bits per heavy atom. The van der Waals surface area contributed by atoms with E-state index in [1.807, 2.05) is 45.0 Å². The van der Waals surface area contributed by atoms with Crippen LogP contribution < -0.4 is 4.74 Å². The Balaban J connectivity index is 1.55. The molecule has 0 spiro atoms. The van der Waals surface area contributed by atoms with Gasteiger partial charge in [0.15, 0.2) is 0 Å². The highest BCUT2D eigenvalue weighted by Gasteiger charge is 2.36. The molecule has 0 fully saturated rings. The van der Waals surface area contributed by atoms with Crippen molar-refractivity contribution in [1.29, 1.82) is 0 Å². The molecular formula is C28H32ClN5O5S. The zero-order valence-corrected chi connectivity index (χ0v) is 24.1. The molecule has 0 amide bonds. The van der Waals surface area contributed by atoms with E-state index in [2.05, 4.69) is 15.3 Å². The molecule has 10 nitrogen and oxygen atoms in total. The van der Waals surface area contributed by atoms with Gasteiger partial charge in [-0.15, -0.1) is 15.9 Å². The third kappa shape index (κ3) is 5.27. The highest BCUT2D eigenvalue weighted by Crippen LogP contribution is 2.57. The number of aromatic nitrogens is 4. The minimum atomic E-state index is -3.44. The molecule has 1 aliphatic rings. The van der Waals surface area contributed by atoms with Gasteiger partial charge in [-0.1, -0.05) is 41.9 Å². The smallest absolute Gasteiger partial charge is 0.304 e. The quantitative estimate of drug-likeness (QED) is 0.224. The first-order valence-corrected chi connectivity index (χ1v) is 15.0. The maximum absolute atomic E-state index is 12.0. The SMILES string of the molecule is CCC1CN(Cc2cc(C(CC(=O)O)c3ccc4c(nnn4CC)c3C)ccc2Cl)S(O)(O)c2cccnc2O1. The second-order valence-electron chi connectivity index (χ2n) is 9.85. The third-order valence-corrected chi connectivity index (χ3v) is 9.65. The minimum absolute atomic E-state index is 0.117. The molecule has 2 atom stereocenters. The molecule has 0 radical (unpaired) electrons. The van der Waals surface area contributed by atoms with Gasteiger partial charge in [-0.05, 0) is 66.8 Å². The summed E-state index contributed by atoms with van der Waals surface area (Å²) in [5, 5.41) is 18.8. The van der Waals surface area contributed by atoms with Crippen LogP contribution in [0.4, 0.5) is 0 Å². The Morgan fingerprint density at radius 2 is 2.02 bits per heavy atom. The summed E-state index contributed by atoms with van der Waals surface area (Å²) in [4.78, 5) is 16.5. The Hall–Kier alpha value is -3.22. The molecule has 0 bridgehead atoms. The molecule has 0 saturated heterocycles. The first-order valence-electron chi connectivity index (χ1n) is 13.1. The summed E-state index contributed by atoms with van der Waals surface area (Å²) in [5.74, 6) is -1.21. The average Bonchev–Trinajstić information content (AvgIpc) is 3.32. The van der Waals surface area contributed by atoms with E-state index in [-0.39, 0.29) is 36.4 Å². The number of aryl methyl sites for hydroxylation is 2. The van der Waals surface area contributed by atoms with Gasteiger partial charge in [0.1, 0.15) is 16.5 Å². The largest absolute Gasteiger partial charge is 0.481 e. The van der Waals surface area contributed by atoms with Gasteiger partial charge in [0, 0.05) is 30.2 Å². The molecule has 4 aromatic rings. The van der Waals surface area contributed by atoms with Crippen LogP contribution in [0.15, 0.2) is 53.6 Å². The summed E-state index contributed by atoms with van der Waals surface area (Å²) in [5.41, 5.74) is 4.73. The molecule has 1 aliphatic heterocycles. The fourth-order valence-corrected chi connectivity index (χ4v) is 6.95. The van der Waals surface area contributed by atoms with Crippen molar-refractivity contribution in [2.24, 2.45) is 0 Å². The van der Waals surface area contributed by atoms with Crippen LogP contribution in [0.3, 0.4) is 0 Å². The van der Waals surface area contributed by atoms with E-state index in [0.717, 1.165) is 27.7 Å². The van der Waals surface area contributed by atoms with Crippen molar-refractivity contribution in [3.8, 4) is 5.88 Å². The number of carboxylic acids is 1. The lowest BCUT2D eigenvalue weighted by molar-refractivity contribution is -0.137. The Kier molecular flexibility index (Phi) is 8.03. The lowest BCUT2D eigenvalue weighted by atomic mass is 9.85. The Labute approximate surface area is 239 Å². The molecule has 0 saturated carbocycles. The van der Waals surface area contributed by atoms with Crippen LogP contribution in [-0.2, 0) is 17.9 Å². The van der Waals surface area contributed by atoms with Crippen LogP contribution in [0.5, 0.6) is 5.88 Å². The summed E-state index contributed by atoms with van der Waals surface area (Å²) in [6.07, 6.45) is 1.75. The third-order valence-electron chi connectivity index (χ3n) is 7.39. The normalized spacial score (nSPS) is 18.5. The molecule has 40 heavy (non-hydrogen) atoms. The van der Waals surface area contributed by atoms with Crippen LogP contribution >= 0.6 is 22.4 Å². The van der Waals surface area contributed by atoms with E-state index in [4.69, 9.17) is 16.3 Å². The van der Waals surface area contributed by atoms with Crippen LogP contribution in [0.2, 0.25) is 5.02 Å². The average molecular weight is 586 g/mol. The van der Waals surface area contributed by atoms with Gasteiger partial charge in [0.2, 0.25) is 5.88 Å². The number of hydrogen-bond acceptors (Lipinski definition) is 8. The second kappa shape index (κ2) is 11.3. The molecule has 2 aromatic heterocycles. The molecule has 2 aromatic carbocycles. The standard InChI is InChI=1S/C28H32ClN5O5S/c1-4-20-16-33(40(37,38)25-7-6-12-30-28(25)39-20)15-19-13-18(8-10-23(19)29)22(14-26(35)36)21-9-11-24-27(17(21)3)31-32-34(24)5-2/h6-13,20,22,37-38H,4-5,14-16H2,1-3H3,(H,35,36). The number of hydrogen-bond donors (Lipinski definition) is 3. The second-order valence-corrected chi connectivity index (χ2v) is 12.3.